The number of nitrogens with one attached hydrogen (secondary N) is 1. The summed E-state index contributed by atoms with van der Waals surface area (Å²) in [7, 11) is -4.05. The maximum atomic E-state index is 14.1. The van der Waals surface area contributed by atoms with Gasteiger partial charge in [0.15, 0.2) is 0 Å². The van der Waals surface area contributed by atoms with Gasteiger partial charge in [-0.1, -0.05) is 92.4 Å². The Morgan fingerprint density at radius 3 is 2.08 bits per heavy atom. The van der Waals surface area contributed by atoms with E-state index in [9.17, 15) is 18.0 Å². The van der Waals surface area contributed by atoms with Gasteiger partial charge in [-0.2, -0.15) is 0 Å². The third-order valence-corrected chi connectivity index (χ3v) is 9.25. The number of sulfonamides is 1. The topological polar surface area (TPSA) is 86.8 Å². The predicted molar refractivity (Wildman–Crippen MR) is 158 cm³/mol. The van der Waals surface area contributed by atoms with Crippen molar-refractivity contribution in [3.8, 4) is 0 Å². The van der Waals surface area contributed by atoms with E-state index in [4.69, 9.17) is 0 Å². The molecule has 1 fully saturated rings. The number of nitrogens with zero attached hydrogens (tertiary/aromatic N) is 2. The molecular formula is C32H39N3O4S. The van der Waals surface area contributed by atoms with Crippen LogP contribution < -0.4 is 9.62 Å². The monoisotopic (exact) mass is 561 g/mol. The second-order valence-corrected chi connectivity index (χ2v) is 12.3. The van der Waals surface area contributed by atoms with Crippen molar-refractivity contribution in [3.63, 3.8) is 0 Å². The van der Waals surface area contributed by atoms with Gasteiger partial charge in [-0.15, -0.1) is 0 Å². The first-order valence-electron chi connectivity index (χ1n) is 14.1. The van der Waals surface area contributed by atoms with Gasteiger partial charge in [-0.25, -0.2) is 8.42 Å². The molecule has 1 aliphatic rings. The van der Waals surface area contributed by atoms with E-state index in [-0.39, 0.29) is 23.4 Å². The molecule has 1 atom stereocenters. The number of rotatable bonds is 11. The van der Waals surface area contributed by atoms with Crippen molar-refractivity contribution in [2.45, 2.75) is 75.9 Å². The van der Waals surface area contributed by atoms with Gasteiger partial charge in [-0.05, 0) is 56.0 Å². The Balaban J connectivity index is 1.67. The van der Waals surface area contributed by atoms with Gasteiger partial charge >= 0.3 is 0 Å². The number of hydrogen-bond acceptors (Lipinski definition) is 4. The van der Waals surface area contributed by atoms with Crippen molar-refractivity contribution in [1.29, 1.82) is 0 Å². The fraction of sp³-hybridized carbons (Fsp3) is 0.375. The second-order valence-electron chi connectivity index (χ2n) is 10.4. The van der Waals surface area contributed by atoms with E-state index in [1.54, 1.807) is 53.4 Å². The van der Waals surface area contributed by atoms with Gasteiger partial charge in [0.05, 0.1) is 10.6 Å². The molecule has 0 aromatic heterocycles. The second kappa shape index (κ2) is 13.6. The summed E-state index contributed by atoms with van der Waals surface area (Å²) >= 11 is 0. The molecule has 8 heteroatoms. The summed E-state index contributed by atoms with van der Waals surface area (Å²) in [4.78, 5) is 29.3. The molecule has 212 valence electrons. The molecule has 0 saturated heterocycles. The molecule has 3 aromatic rings. The van der Waals surface area contributed by atoms with Crippen LogP contribution in [0.2, 0.25) is 0 Å². The van der Waals surface area contributed by atoms with E-state index in [1.807, 2.05) is 38.1 Å². The highest BCUT2D eigenvalue weighted by Gasteiger charge is 2.34. The van der Waals surface area contributed by atoms with Crippen LogP contribution in [0.4, 0.5) is 5.69 Å². The smallest absolute Gasteiger partial charge is 0.264 e. The minimum atomic E-state index is -4.05. The van der Waals surface area contributed by atoms with Crippen LogP contribution in [0.15, 0.2) is 89.8 Å². The number of carbonyl (C=O) groups is 2. The SMILES string of the molecule is CCC(C(=O)NC1CCCCC1)N(Cc1ccc(C)cc1)C(=O)CN(c1ccccc1)S(=O)(=O)c1ccccc1. The van der Waals surface area contributed by atoms with Gasteiger partial charge in [0.1, 0.15) is 12.6 Å². The number of anilines is 1. The van der Waals surface area contributed by atoms with E-state index < -0.39 is 28.5 Å². The fourth-order valence-electron chi connectivity index (χ4n) is 5.20. The molecule has 0 spiro atoms. The number of aryl methyl sites for hydroxylation is 1. The molecule has 4 rings (SSSR count). The minimum absolute atomic E-state index is 0.0961. The quantitative estimate of drug-likeness (QED) is 0.338. The van der Waals surface area contributed by atoms with E-state index in [0.29, 0.717) is 12.1 Å². The number of amides is 2. The van der Waals surface area contributed by atoms with Crippen LogP contribution >= 0.6 is 0 Å². The molecule has 1 N–H and O–H groups in total. The van der Waals surface area contributed by atoms with Crippen LogP contribution in [0.5, 0.6) is 0 Å². The Labute approximate surface area is 238 Å². The molecule has 1 aliphatic carbocycles. The highest BCUT2D eigenvalue weighted by molar-refractivity contribution is 7.92. The fourth-order valence-corrected chi connectivity index (χ4v) is 6.63. The molecule has 40 heavy (non-hydrogen) atoms. The highest BCUT2D eigenvalue weighted by atomic mass is 32.2. The molecule has 7 nitrogen and oxygen atoms in total. The summed E-state index contributed by atoms with van der Waals surface area (Å²) in [6.07, 6.45) is 5.62. The van der Waals surface area contributed by atoms with Crippen LogP contribution in [0, 0.1) is 6.92 Å². The Morgan fingerprint density at radius 2 is 1.48 bits per heavy atom. The Hall–Kier alpha value is -3.65. The Kier molecular flexibility index (Phi) is 9.98. The molecule has 2 amide bonds. The van der Waals surface area contributed by atoms with E-state index in [1.165, 1.54) is 18.6 Å². The molecule has 0 heterocycles. The first kappa shape index (κ1) is 29.3. The summed E-state index contributed by atoms with van der Waals surface area (Å²) < 4.78 is 28.7. The third-order valence-electron chi connectivity index (χ3n) is 7.47. The molecular weight excluding hydrogens is 522 g/mol. The molecule has 0 bridgehead atoms. The summed E-state index contributed by atoms with van der Waals surface area (Å²) in [5.41, 5.74) is 2.35. The standard InChI is InChI=1S/C32H39N3O4S/c1-3-30(32(37)33-27-13-7-4-8-14-27)34(23-26-21-19-25(2)20-22-26)31(36)24-35(28-15-9-5-10-16-28)40(38,39)29-17-11-6-12-18-29/h5-6,9-12,15-22,27,30H,3-4,7-8,13-14,23-24H2,1-2H3,(H,33,37). The van der Waals surface area contributed by atoms with Crippen LogP contribution in [0.1, 0.15) is 56.6 Å². The van der Waals surface area contributed by atoms with Crippen LogP contribution in [0.25, 0.3) is 0 Å². The third kappa shape index (κ3) is 7.30. The molecule has 0 aliphatic heterocycles. The maximum Gasteiger partial charge on any atom is 0.264 e. The number of hydrogen-bond donors (Lipinski definition) is 1. The molecule has 3 aromatic carbocycles. The van der Waals surface area contributed by atoms with E-state index in [0.717, 1.165) is 41.1 Å². The van der Waals surface area contributed by atoms with Gasteiger partial charge in [0.2, 0.25) is 11.8 Å². The van der Waals surface area contributed by atoms with Gasteiger partial charge < -0.3 is 10.2 Å². The van der Waals surface area contributed by atoms with Crippen molar-refractivity contribution in [1.82, 2.24) is 10.2 Å². The largest absolute Gasteiger partial charge is 0.352 e. The average molecular weight is 562 g/mol. The van der Waals surface area contributed by atoms with E-state index in [2.05, 4.69) is 5.32 Å². The molecule has 1 unspecified atom stereocenters. The zero-order valence-corrected chi connectivity index (χ0v) is 24.1. The van der Waals surface area contributed by atoms with Crippen molar-refractivity contribution in [2.75, 3.05) is 10.8 Å². The summed E-state index contributed by atoms with van der Waals surface area (Å²) in [5, 5.41) is 3.18. The van der Waals surface area contributed by atoms with Crippen LogP contribution in [-0.4, -0.2) is 43.8 Å². The van der Waals surface area contributed by atoms with E-state index >= 15 is 0 Å². The zero-order valence-electron chi connectivity index (χ0n) is 23.3. The predicted octanol–water partition coefficient (Wildman–Crippen LogP) is 5.45. The normalized spacial score (nSPS) is 14.8. The van der Waals surface area contributed by atoms with Crippen molar-refractivity contribution < 1.29 is 18.0 Å². The lowest BCUT2D eigenvalue weighted by Gasteiger charge is -2.34. The highest BCUT2D eigenvalue weighted by Crippen LogP contribution is 2.25. The van der Waals surface area contributed by atoms with Crippen molar-refractivity contribution in [2.24, 2.45) is 0 Å². The van der Waals surface area contributed by atoms with Gasteiger partial charge in [0.25, 0.3) is 10.0 Å². The first-order chi connectivity index (χ1) is 19.3. The number of para-hydroxylation sites is 1. The Bertz CT molecular complexity index is 1360. The first-order valence-corrected chi connectivity index (χ1v) is 15.5. The Morgan fingerprint density at radius 1 is 0.875 bits per heavy atom. The van der Waals surface area contributed by atoms with Crippen molar-refractivity contribution >= 4 is 27.5 Å². The molecule has 0 radical (unpaired) electrons. The average Bonchev–Trinajstić information content (AvgIpc) is 2.98. The lowest BCUT2D eigenvalue weighted by atomic mass is 9.95. The maximum absolute atomic E-state index is 14.1. The molecule has 1 saturated carbocycles. The van der Waals surface area contributed by atoms with Crippen molar-refractivity contribution in [3.05, 3.63) is 96.1 Å². The lowest BCUT2D eigenvalue weighted by molar-refractivity contribution is -0.140. The number of carbonyl (C=O) groups excluding carboxylic acids is 2. The van der Waals surface area contributed by atoms with Crippen LogP contribution in [-0.2, 0) is 26.2 Å². The number of benzene rings is 3. The van der Waals surface area contributed by atoms with Crippen LogP contribution in [0.3, 0.4) is 0 Å². The summed E-state index contributed by atoms with van der Waals surface area (Å²) in [6.45, 7) is 3.64. The van der Waals surface area contributed by atoms with Gasteiger partial charge in [-0.3, -0.25) is 13.9 Å². The zero-order chi connectivity index (χ0) is 28.5. The summed E-state index contributed by atoms with van der Waals surface area (Å²) in [5.74, 6) is -0.624. The van der Waals surface area contributed by atoms with Gasteiger partial charge in [0, 0.05) is 12.6 Å². The minimum Gasteiger partial charge on any atom is -0.352 e. The lowest BCUT2D eigenvalue weighted by Crippen LogP contribution is -2.54. The summed E-state index contributed by atoms with van der Waals surface area (Å²) in [6, 6.07) is 23.9.